The van der Waals surface area contributed by atoms with E-state index < -0.39 is 34.3 Å². The highest BCUT2D eigenvalue weighted by molar-refractivity contribution is 7.92. The molecule has 1 saturated carbocycles. The van der Waals surface area contributed by atoms with Gasteiger partial charge in [0.25, 0.3) is 0 Å². The standard InChI is InChI=1S/C24H32ClF2NO3SSi.H2S/c1-33(2,3)13-12-31-16-17-15-24(11-10-23(17)28,21-14-19(26)6-9-22(21)27)32(29,30)20-7-4-18(25)5-8-20;/h4-9,14,17,23H,10-13,15-16,28H2,1-3H3;1H2/t17-,23-,24+;/m0./s1. The molecule has 0 heterocycles. The Balaban J connectivity index is 0.00000408. The highest BCUT2D eigenvalue weighted by Crippen LogP contribution is 2.49. The fraction of sp³-hybridized carbons (Fsp3) is 0.500. The molecule has 1 aliphatic carbocycles. The van der Waals surface area contributed by atoms with Gasteiger partial charge in [-0.05, 0) is 73.7 Å². The summed E-state index contributed by atoms with van der Waals surface area (Å²) in [6.45, 7) is 7.60. The normalized spacial score (nSPS) is 23.4. The zero-order chi connectivity index (χ0) is 24.4. The molecule has 2 N–H and O–H groups in total. The summed E-state index contributed by atoms with van der Waals surface area (Å²) in [7, 11) is -5.40. The zero-order valence-electron chi connectivity index (χ0n) is 19.8. The molecule has 1 aliphatic rings. The summed E-state index contributed by atoms with van der Waals surface area (Å²) in [5.41, 5.74) is 6.21. The topological polar surface area (TPSA) is 69.4 Å². The minimum atomic E-state index is -4.11. The van der Waals surface area contributed by atoms with E-state index in [1.165, 1.54) is 24.3 Å². The van der Waals surface area contributed by atoms with Crippen LogP contribution in [0.4, 0.5) is 8.78 Å². The minimum absolute atomic E-state index is 0. The van der Waals surface area contributed by atoms with Crippen molar-refractivity contribution < 1.29 is 21.9 Å². The van der Waals surface area contributed by atoms with Gasteiger partial charge in [0.1, 0.15) is 16.4 Å². The monoisotopic (exact) mass is 549 g/mol. The van der Waals surface area contributed by atoms with Gasteiger partial charge in [-0.3, -0.25) is 0 Å². The number of nitrogens with two attached hydrogens (primary N) is 1. The third-order valence-corrected chi connectivity index (χ3v) is 10.9. The first-order chi connectivity index (χ1) is 15.4. The van der Waals surface area contributed by atoms with Crippen molar-refractivity contribution >= 4 is 43.0 Å². The van der Waals surface area contributed by atoms with Crippen LogP contribution >= 0.6 is 25.1 Å². The summed E-state index contributed by atoms with van der Waals surface area (Å²) in [6.07, 6.45) is 0.488. The van der Waals surface area contributed by atoms with Crippen LogP contribution in [0.1, 0.15) is 24.8 Å². The largest absolute Gasteiger partial charge is 0.381 e. The summed E-state index contributed by atoms with van der Waals surface area (Å²) < 4.78 is 61.5. The summed E-state index contributed by atoms with van der Waals surface area (Å²) in [6, 6.07) is 9.44. The van der Waals surface area contributed by atoms with Crippen molar-refractivity contribution in [3.05, 3.63) is 64.7 Å². The zero-order valence-corrected chi connectivity index (χ0v) is 23.4. The SMILES string of the molecule is C[Si](C)(C)CCOC[C@@H]1C[C@](c2cc(F)ccc2F)(S(=O)(=O)c2ccc(Cl)cc2)CC[C@@H]1N.S. The van der Waals surface area contributed by atoms with Crippen LogP contribution < -0.4 is 5.73 Å². The maximum absolute atomic E-state index is 15.1. The maximum Gasteiger partial charge on any atom is 0.188 e. The van der Waals surface area contributed by atoms with Gasteiger partial charge in [0.15, 0.2) is 9.84 Å². The molecule has 3 atom stereocenters. The molecule has 0 bridgehead atoms. The number of sulfone groups is 1. The fourth-order valence-electron chi connectivity index (χ4n) is 4.43. The summed E-state index contributed by atoms with van der Waals surface area (Å²) in [4.78, 5) is 0.0180. The lowest BCUT2D eigenvalue weighted by Crippen LogP contribution is -2.49. The van der Waals surface area contributed by atoms with Crippen LogP contribution in [0.5, 0.6) is 0 Å². The van der Waals surface area contributed by atoms with Crippen molar-refractivity contribution in [1.29, 1.82) is 0 Å². The van der Waals surface area contributed by atoms with Gasteiger partial charge in [-0.2, -0.15) is 13.5 Å². The Morgan fingerprint density at radius 3 is 2.41 bits per heavy atom. The van der Waals surface area contributed by atoms with Gasteiger partial charge >= 0.3 is 0 Å². The molecule has 0 aromatic heterocycles. The second-order valence-corrected chi connectivity index (χ2v) is 18.4. The third-order valence-electron chi connectivity index (χ3n) is 6.46. The van der Waals surface area contributed by atoms with Crippen molar-refractivity contribution in [3.63, 3.8) is 0 Å². The number of hydrogen-bond acceptors (Lipinski definition) is 4. The second kappa shape index (κ2) is 11.4. The number of hydrogen-bond donors (Lipinski definition) is 1. The second-order valence-electron chi connectivity index (χ2n) is 10.1. The molecule has 10 heteroatoms. The van der Waals surface area contributed by atoms with Crippen LogP contribution in [0.2, 0.25) is 30.7 Å². The van der Waals surface area contributed by atoms with E-state index in [-0.39, 0.29) is 55.4 Å². The summed E-state index contributed by atoms with van der Waals surface area (Å²) in [5, 5.41) is 0.388. The first-order valence-corrected chi connectivity index (χ1v) is 16.7. The average Bonchev–Trinajstić information content (AvgIpc) is 2.74. The maximum atomic E-state index is 15.1. The highest BCUT2D eigenvalue weighted by atomic mass is 35.5. The van der Waals surface area contributed by atoms with E-state index in [0.717, 1.165) is 24.2 Å². The molecule has 2 aromatic carbocycles. The molecular formula is C24H34ClF2NO3S2Si. The Hall–Kier alpha value is -0.973. The Kier molecular flexibility index (Phi) is 9.80. The third kappa shape index (κ3) is 6.42. The molecule has 0 radical (unpaired) electrons. The van der Waals surface area contributed by atoms with Gasteiger partial charge in [0.05, 0.1) is 11.5 Å². The van der Waals surface area contributed by atoms with Gasteiger partial charge in [-0.15, -0.1) is 0 Å². The molecule has 0 unspecified atom stereocenters. The van der Waals surface area contributed by atoms with E-state index in [0.29, 0.717) is 18.1 Å². The number of rotatable bonds is 8. The number of halogens is 3. The van der Waals surface area contributed by atoms with Crippen LogP contribution in [0.3, 0.4) is 0 Å². The van der Waals surface area contributed by atoms with Crippen LogP contribution in [-0.4, -0.2) is 35.7 Å². The van der Waals surface area contributed by atoms with Gasteiger partial charge in [0.2, 0.25) is 0 Å². The van der Waals surface area contributed by atoms with E-state index in [4.69, 9.17) is 22.1 Å². The molecule has 4 nitrogen and oxygen atoms in total. The Bertz CT molecular complexity index is 1080. The van der Waals surface area contributed by atoms with E-state index in [9.17, 15) is 12.8 Å². The first-order valence-electron chi connectivity index (χ1n) is 11.1. The van der Waals surface area contributed by atoms with E-state index in [1.54, 1.807) is 0 Å². The van der Waals surface area contributed by atoms with Gasteiger partial charge in [-0.1, -0.05) is 31.2 Å². The molecular weight excluding hydrogens is 516 g/mol. The minimum Gasteiger partial charge on any atom is -0.381 e. The van der Waals surface area contributed by atoms with Crippen LogP contribution in [0.25, 0.3) is 0 Å². The van der Waals surface area contributed by atoms with Gasteiger partial charge < -0.3 is 10.5 Å². The molecule has 3 rings (SSSR count). The lowest BCUT2D eigenvalue weighted by atomic mass is 9.74. The van der Waals surface area contributed by atoms with Crippen molar-refractivity contribution in [1.82, 2.24) is 0 Å². The van der Waals surface area contributed by atoms with E-state index >= 15 is 4.39 Å². The first kappa shape index (κ1) is 29.3. The summed E-state index contributed by atoms with van der Waals surface area (Å²) in [5.74, 6) is -1.75. The Morgan fingerprint density at radius 2 is 1.79 bits per heavy atom. The van der Waals surface area contributed by atoms with Gasteiger partial charge in [0, 0.05) is 31.3 Å². The Labute approximate surface area is 214 Å². The van der Waals surface area contributed by atoms with Crippen molar-refractivity contribution in [3.8, 4) is 0 Å². The van der Waals surface area contributed by atoms with Crippen molar-refractivity contribution in [2.45, 2.75) is 60.6 Å². The lowest BCUT2D eigenvalue weighted by molar-refractivity contribution is 0.0753. The smallest absolute Gasteiger partial charge is 0.188 e. The predicted octanol–water partition coefficient (Wildman–Crippen LogP) is 5.88. The number of ether oxygens (including phenoxy) is 1. The van der Waals surface area contributed by atoms with E-state index in [2.05, 4.69) is 19.6 Å². The highest BCUT2D eigenvalue weighted by Gasteiger charge is 2.52. The van der Waals surface area contributed by atoms with Crippen LogP contribution in [0.15, 0.2) is 47.4 Å². The molecule has 1 fully saturated rings. The molecule has 34 heavy (non-hydrogen) atoms. The van der Waals surface area contributed by atoms with Crippen LogP contribution in [-0.2, 0) is 19.3 Å². The Morgan fingerprint density at radius 1 is 1.15 bits per heavy atom. The molecule has 0 aliphatic heterocycles. The van der Waals surface area contributed by atoms with Crippen molar-refractivity contribution in [2.24, 2.45) is 11.7 Å². The molecule has 0 spiro atoms. The van der Waals surface area contributed by atoms with Crippen molar-refractivity contribution in [2.75, 3.05) is 13.2 Å². The quantitative estimate of drug-likeness (QED) is 0.329. The molecule has 0 amide bonds. The molecule has 2 aromatic rings. The fourth-order valence-corrected chi connectivity index (χ4v) is 7.52. The molecule has 190 valence electrons. The average molecular weight is 550 g/mol. The summed E-state index contributed by atoms with van der Waals surface area (Å²) >= 11 is 5.96. The number of benzene rings is 2. The van der Waals surface area contributed by atoms with E-state index in [1.807, 2.05) is 0 Å². The predicted molar refractivity (Wildman–Crippen MR) is 141 cm³/mol. The molecule has 0 saturated heterocycles. The lowest BCUT2D eigenvalue weighted by Gasteiger charge is -2.43. The van der Waals surface area contributed by atoms with Gasteiger partial charge in [-0.25, -0.2) is 17.2 Å². The van der Waals surface area contributed by atoms with Crippen LogP contribution in [0, 0.1) is 17.6 Å².